The lowest BCUT2D eigenvalue weighted by Crippen LogP contribution is -2.31. The Bertz CT molecular complexity index is 1260. The first-order valence-electron chi connectivity index (χ1n) is 10.2. The molecule has 0 bridgehead atoms. The third kappa shape index (κ3) is 5.62. The summed E-state index contributed by atoms with van der Waals surface area (Å²) in [6, 6.07) is 10.9. The molecular weight excluding hydrogens is 473 g/mol. The highest BCUT2D eigenvalue weighted by Crippen LogP contribution is 2.31. The SMILES string of the molecule is Cc1ccc(S(=O)(=O)N2CCCc3c(-c4cccnc4)nn(C)c3C2)cc1.O=C(O)C(F)(F)F. The number of benzene rings is 1. The van der Waals surface area contributed by atoms with Crippen LogP contribution in [-0.4, -0.2) is 51.3 Å². The second kappa shape index (κ2) is 9.94. The van der Waals surface area contributed by atoms with Crippen molar-refractivity contribution in [3.05, 3.63) is 65.6 Å². The molecule has 1 aromatic carbocycles. The maximum Gasteiger partial charge on any atom is 0.490 e. The number of nitrogens with zero attached hydrogens (tertiary/aromatic N) is 4. The Hall–Kier alpha value is -3.25. The molecule has 12 heteroatoms. The molecule has 0 saturated heterocycles. The number of aromatic nitrogens is 3. The second-order valence-corrected chi connectivity index (χ2v) is 9.64. The third-order valence-corrected chi connectivity index (χ3v) is 7.13. The van der Waals surface area contributed by atoms with E-state index in [4.69, 9.17) is 9.90 Å². The lowest BCUT2D eigenvalue weighted by molar-refractivity contribution is -0.192. The van der Waals surface area contributed by atoms with Crippen molar-refractivity contribution in [2.45, 2.75) is 37.4 Å². The number of halogens is 3. The van der Waals surface area contributed by atoms with Gasteiger partial charge in [-0.1, -0.05) is 17.7 Å². The van der Waals surface area contributed by atoms with Gasteiger partial charge in [0, 0.05) is 37.1 Å². The number of fused-ring (bicyclic) bond motifs is 1. The second-order valence-electron chi connectivity index (χ2n) is 7.70. The van der Waals surface area contributed by atoms with Crippen LogP contribution in [0, 0.1) is 6.92 Å². The van der Waals surface area contributed by atoms with Crippen LogP contribution < -0.4 is 0 Å². The molecular formula is C22H23F3N4O4S. The molecule has 3 heterocycles. The van der Waals surface area contributed by atoms with Crippen LogP contribution in [0.25, 0.3) is 11.3 Å². The third-order valence-electron chi connectivity index (χ3n) is 5.27. The first-order chi connectivity index (χ1) is 15.9. The van der Waals surface area contributed by atoms with E-state index in [1.165, 1.54) is 0 Å². The van der Waals surface area contributed by atoms with Crippen LogP contribution in [-0.2, 0) is 34.8 Å². The number of aryl methyl sites for hydroxylation is 2. The van der Waals surface area contributed by atoms with E-state index >= 15 is 0 Å². The topological polar surface area (TPSA) is 105 Å². The Balaban J connectivity index is 0.000000406. The zero-order valence-electron chi connectivity index (χ0n) is 18.5. The summed E-state index contributed by atoms with van der Waals surface area (Å²) in [7, 11) is -1.66. The minimum absolute atomic E-state index is 0.329. The van der Waals surface area contributed by atoms with Crippen LogP contribution in [0.1, 0.15) is 23.2 Å². The van der Waals surface area contributed by atoms with E-state index in [1.54, 1.807) is 33.5 Å². The average Bonchev–Trinajstić information content (AvgIpc) is 2.95. The summed E-state index contributed by atoms with van der Waals surface area (Å²) < 4.78 is 61.4. The number of carbonyl (C=O) groups is 1. The van der Waals surface area contributed by atoms with Crippen LogP contribution in [0.2, 0.25) is 0 Å². The Morgan fingerprint density at radius 3 is 2.35 bits per heavy atom. The van der Waals surface area contributed by atoms with Gasteiger partial charge in [0.25, 0.3) is 0 Å². The fourth-order valence-electron chi connectivity index (χ4n) is 3.54. The summed E-state index contributed by atoms with van der Waals surface area (Å²) in [6.45, 7) is 2.77. The van der Waals surface area contributed by atoms with Gasteiger partial charge >= 0.3 is 12.1 Å². The quantitative estimate of drug-likeness (QED) is 0.595. The molecule has 0 radical (unpaired) electrons. The largest absolute Gasteiger partial charge is 0.490 e. The lowest BCUT2D eigenvalue weighted by Gasteiger charge is -2.20. The van der Waals surface area contributed by atoms with Gasteiger partial charge in [0.1, 0.15) is 0 Å². The van der Waals surface area contributed by atoms with E-state index in [2.05, 4.69) is 10.1 Å². The van der Waals surface area contributed by atoms with E-state index < -0.39 is 22.2 Å². The van der Waals surface area contributed by atoms with E-state index in [0.717, 1.165) is 40.9 Å². The van der Waals surface area contributed by atoms with E-state index in [9.17, 15) is 21.6 Å². The molecule has 0 aliphatic carbocycles. The average molecular weight is 497 g/mol. The molecule has 1 N–H and O–H groups in total. The monoisotopic (exact) mass is 496 g/mol. The molecule has 34 heavy (non-hydrogen) atoms. The van der Waals surface area contributed by atoms with Crippen molar-refractivity contribution in [2.24, 2.45) is 7.05 Å². The van der Waals surface area contributed by atoms with E-state index in [0.29, 0.717) is 18.0 Å². The number of alkyl halides is 3. The predicted octanol–water partition coefficient (Wildman–Crippen LogP) is 3.56. The van der Waals surface area contributed by atoms with Crippen LogP contribution in [0.3, 0.4) is 0 Å². The van der Waals surface area contributed by atoms with Crippen LogP contribution >= 0.6 is 0 Å². The van der Waals surface area contributed by atoms with E-state index in [-0.39, 0.29) is 0 Å². The molecule has 0 amide bonds. The van der Waals surface area contributed by atoms with Gasteiger partial charge in [-0.3, -0.25) is 9.67 Å². The van der Waals surface area contributed by atoms with Gasteiger partial charge in [-0.25, -0.2) is 13.2 Å². The van der Waals surface area contributed by atoms with Crippen LogP contribution in [0.15, 0.2) is 53.7 Å². The van der Waals surface area contributed by atoms with Gasteiger partial charge in [-0.05, 0) is 44.0 Å². The summed E-state index contributed by atoms with van der Waals surface area (Å²) in [5.41, 5.74) is 4.97. The minimum Gasteiger partial charge on any atom is -0.475 e. The van der Waals surface area contributed by atoms with Crippen molar-refractivity contribution >= 4 is 16.0 Å². The predicted molar refractivity (Wildman–Crippen MR) is 117 cm³/mol. The van der Waals surface area contributed by atoms with Crippen molar-refractivity contribution in [3.8, 4) is 11.3 Å². The summed E-state index contributed by atoms with van der Waals surface area (Å²) >= 11 is 0. The Labute approximate surface area is 194 Å². The van der Waals surface area contributed by atoms with Crippen molar-refractivity contribution < 1.29 is 31.5 Å². The molecule has 182 valence electrons. The number of pyridine rings is 1. The number of aliphatic carboxylic acids is 1. The Morgan fingerprint density at radius 1 is 1.15 bits per heavy atom. The fourth-order valence-corrected chi connectivity index (χ4v) is 4.98. The van der Waals surface area contributed by atoms with Crippen molar-refractivity contribution in [3.63, 3.8) is 0 Å². The smallest absolute Gasteiger partial charge is 0.475 e. The molecule has 3 aromatic rings. The number of sulfonamides is 1. The number of hydrogen-bond donors (Lipinski definition) is 1. The molecule has 0 fully saturated rings. The van der Waals surface area contributed by atoms with Crippen molar-refractivity contribution in [1.82, 2.24) is 19.1 Å². The van der Waals surface area contributed by atoms with E-state index in [1.807, 2.05) is 38.2 Å². The maximum absolute atomic E-state index is 13.1. The number of carboxylic acid groups (broad SMARTS) is 1. The summed E-state index contributed by atoms with van der Waals surface area (Å²) in [6.07, 6.45) is 0.0136. The molecule has 8 nitrogen and oxygen atoms in total. The maximum atomic E-state index is 13.1. The highest BCUT2D eigenvalue weighted by Gasteiger charge is 2.38. The minimum atomic E-state index is -5.08. The lowest BCUT2D eigenvalue weighted by atomic mass is 10.0. The number of carboxylic acids is 1. The van der Waals surface area contributed by atoms with Gasteiger partial charge in [0.05, 0.1) is 22.8 Å². The van der Waals surface area contributed by atoms with Crippen molar-refractivity contribution in [2.75, 3.05) is 6.54 Å². The first-order valence-corrected chi connectivity index (χ1v) is 11.7. The molecule has 0 saturated carbocycles. The molecule has 0 spiro atoms. The Morgan fingerprint density at radius 2 is 1.79 bits per heavy atom. The fraction of sp³-hybridized carbons (Fsp3) is 0.318. The molecule has 0 unspecified atom stereocenters. The van der Waals surface area contributed by atoms with Gasteiger partial charge < -0.3 is 5.11 Å². The number of hydrogen-bond acceptors (Lipinski definition) is 5. The van der Waals surface area contributed by atoms with Crippen molar-refractivity contribution in [1.29, 1.82) is 0 Å². The molecule has 4 rings (SSSR count). The van der Waals surface area contributed by atoms with Crippen LogP contribution in [0.4, 0.5) is 13.2 Å². The first kappa shape index (κ1) is 25.4. The Kier molecular flexibility index (Phi) is 7.41. The molecule has 1 aliphatic rings. The van der Waals surface area contributed by atoms with Gasteiger partial charge in [0.2, 0.25) is 10.0 Å². The van der Waals surface area contributed by atoms with Gasteiger partial charge in [-0.15, -0.1) is 0 Å². The number of rotatable bonds is 3. The summed E-state index contributed by atoms with van der Waals surface area (Å²) in [5, 5.41) is 11.8. The van der Waals surface area contributed by atoms with Crippen LogP contribution in [0.5, 0.6) is 0 Å². The zero-order chi connectivity index (χ0) is 25.1. The highest BCUT2D eigenvalue weighted by molar-refractivity contribution is 7.89. The molecule has 2 aromatic heterocycles. The summed E-state index contributed by atoms with van der Waals surface area (Å²) in [4.78, 5) is 13.4. The normalized spacial score (nSPS) is 14.5. The summed E-state index contributed by atoms with van der Waals surface area (Å²) in [5.74, 6) is -2.76. The van der Waals surface area contributed by atoms with Gasteiger partial charge in [0.15, 0.2) is 0 Å². The highest BCUT2D eigenvalue weighted by atomic mass is 32.2. The molecule has 0 atom stereocenters. The van der Waals surface area contributed by atoms with Gasteiger partial charge in [-0.2, -0.15) is 22.6 Å². The zero-order valence-corrected chi connectivity index (χ0v) is 19.3. The molecule has 1 aliphatic heterocycles. The standard InChI is InChI=1S/C20H22N4O2S.C2HF3O2/c1-15-7-9-17(10-8-15)27(25,26)24-12-4-6-18-19(14-24)23(2)22-20(18)16-5-3-11-21-13-16;3-2(4,5)1(6)7/h3,5,7-11,13H,4,6,12,14H2,1-2H3;(H,6,7).